The quantitative estimate of drug-likeness (QED) is 0.238. The highest BCUT2D eigenvalue weighted by Gasteiger charge is 2.56. The van der Waals surface area contributed by atoms with Crippen molar-refractivity contribution in [3.05, 3.63) is 0 Å². The van der Waals surface area contributed by atoms with E-state index in [4.69, 9.17) is 24.4 Å². The van der Waals surface area contributed by atoms with E-state index in [0.717, 1.165) is 0 Å². The van der Waals surface area contributed by atoms with Crippen LogP contribution in [0.1, 0.15) is 0 Å². The van der Waals surface area contributed by atoms with Crippen LogP contribution in [-0.2, 0) is 14.2 Å². The number of aliphatic hydroxyl groups excluding tert-OH is 7. The molecule has 0 saturated carbocycles. The van der Waals surface area contributed by atoms with Crippen molar-refractivity contribution in [2.24, 2.45) is 0 Å². The van der Waals surface area contributed by atoms with E-state index < -0.39 is 74.6 Å². The SMILES string of the molecule is OC[C@@H]1O[C@@H](O[C@@H]2[C@@H](CO)O[C@](O)(CO)[C@H]2O)[C@@H](O)[C@H](O)[C@@H]1O. The van der Waals surface area contributed by atoms with Crippen LogP contribution in [0.15, 0.2) is 0 Å². The van der Waals surface area contributed by atoms with Crippen molar-refractivity contribution in [2.75, 3.05) is 19.8 Å². The van der Waals surface area contributed by atoms with Crippen molar-refractivity contribution in [1.29, 1.82) is 0 Å². The molecule has 0 unspecified atom stereocenters. The zero-order valence-corrected chi connectivity index (χ0v) is 12.0. The maximum Gasteiger partial charge on any atom is 0.219 e. The van der Waals surface area contributed by atoms with Gasteiger partial charge in [-0.3, -0.25) is 0 Å². The lowest BCUT2D eigenvalue weighted by atomic mass is 9.99. The number of hydrogen-bond acceptors (Lipinski definition) is 11. The molecule has 23 heavy (non-hydrogen) atoms. The molecule has 2 aliphatic rings. The third-order valence-corrected chi connectivity index (χ3v) is 4.04. The summed E-state index contributed by atoms with van der Waals surface area (Å²) in [6.45, 7) is -2.32. The number of aliphatic hydroxyl groups is 8. The largest absolute Gasteiger partial charge is 0.394 e. The standard InChI is InChI=1S/C12H22O11/c13-1-4-6(16)7(17)8(18)11(21-4)22-9-5(2-14)23-12(20,3-15)10(9)19/h4-11,13-20H,1-3H2/t4-,5+,6+,7+,8-,9+,10-,11-,12+/m0/s1. The lowest BCUT2D eigenvalue weighted by Crippen LogP contribution is -2.60. The maximum absolute atomic E-state index is 10.00. The summed E-state index contributed by atoms with van der Waals surface area (Å²) in [5, 5.41) is 76.5. The van der Waals surface area contributed by atoms with Gasteiger partial charge in [-0.15, -0.1) is 0 Å². The van der Waals surface area contributed by atoms with Crippen LogP contribution in [0, 0.1) is 0 Å². The Kier molecular flexibility index (Phi) is 5.92. The summed E-state index contributed by atoms with van der Waals surface area (Å²) in [5.74, 6) is -2.37. The first kappa shape index (κ1) is 18.9. The number of rotatable bonds is 5. The van der Waals surface area contributed by atoms with Crippen molar-refractivity contribution >= 4 is 0 Å². The summed E-state index contributed by atoms with van der Waals surface area (Å²) in [6.07, 6.45) is -12.2. The molecule has 2 fully saturated rings. The number of ether oxygens (including phenoxy) is 3. The molecule has 0 aliphatic carbocycles. The van der Waals surface area contributed by atoms with Gasteiger partial charge < -0.3 is 55.1 Å². The van der Waals surface area contributed by atoms with Crippen molar-refractivity contribution in [1.82, 2.24) is 0 Å². The second-order valence-electron chi connectivity index (χ2n) is 5.58. The Hall–Kier alpha value is -0.440. The van der Waals surface area contributed by atoms with E-state index >= 15 is 0 Å². The van der Waals surface area contributed by atoms with Crippen LogP contribution < -0.4 is 0 Å². The third kappa shape index (κ3) is 3.36. The smallest absolute Gasteiger partial charge is 0.219 e. The predicted octanol–water partition coefficient (Wildman–Crippen LogP) is -5.40. The van der Waals surface area contributed by atoms with Gasteiger partial charge in [0.2, 0.25) is 5.79 Å². The summed E-state index contributed by atoms with van der Waals surface area (Å²) in [4.78, 5) is 0. The molecule has 0 aromatic carbocycles. The lowest BCUT2D eigenvalue weighted by Gasteiger charge is -2.41. The molecule has 0 bridgehead atoms. The molecule has 0 radical (unpaired) electrons. The van der Waals surface area contributed by atoms with Crippen LogP contribution in [0.2, 0.25) is 0 Å². The highest BCUT2D eigenvalue weighted by Crippen LogP contribution is 2.33. The van der Waals surface area contributed by atoms with E-state index in [2.05, 4.69) is 0 Å². The summed E-state index contributed by atoms with van der Waals surface area (Å²) >= 11 is 0. The second-order valence-corrected chi connectivity index (χ2v) is 5.58. The minimum absolute atomic E-state index is 0.668. The monoisotopic (exact) mass is 342 g/mol. The van der Waals surface area contributed by atoms with E-state index in [0.29, 0.717) is 0 Å². The molecule has 11 nitrogen and oxygen atoms in total. The van der Waals surface area contributed by atoms with Gasteiger partial charge in [-0.2, -0.15) is 0 Å². The first-order valence-corrected chi connectivity index (χ1v) is 7.05. The first-order chi connectivity index (χ1) is 10.8. The molecular formula is C12H22O11. The van der Waals surface area contributed by atoms with Gasteiger partial charge >= 0.3 is 0 Å². The Labute approximate surface area is 130 Å². The van der Waals surface area contributed by atoms with Gasteiger partial charge in [0, 0.05) is 0 Å². The number of hydrogen-bond donors (Lipinski definition) is 8. The molecule has 2 aliphatic heterocycles. The predicted molar refractivity (Wildman–Crippen MR) is 68.6 cm³/mol. The maximum atomic E-state index is 10.00. The molecule has 8 N–H and O–H groups in total. The summed E-state index contributed by atoms with van der Waals surface area (Å²) < 4.78 is 15.3. The molecule has 0 aromatic rings. The van der Waals surface area contributed by atoms with Crippen molar-refractivity contribution < 1.29 is 55.1 Å². The van der Waals surface area contributed by atoms with Crippen LogP contribution in [0.4, 0.5) is 0 Å². The van der Waals surface area contributed by atoms with Crippen LogP contribution in [0.25, 0.3) is 0 Å². The van der Waals surface area contributed by atoms with Gasteiger partial charge in [-0.05, 0) is 0 Å². The zero-order chi connectivity index (χ0) is 17.4. The normalized spacial score (nSPS) is 51.1. The van der Waals surface area contributed by atoms with E-state index in [-0.39, 0.29) is 0 Å². The third-order valence-electron chi connectivity index (χ3n) is 4.04. The van der Waals surface area contributed by atoms with Gasteiger partial charge in [0.1, 0.15) is 42.7 Å². The zero-order valence-electron chi connectivity index (χ0n) is 12.0. The highest BCUT2D eigenvalue weighted by atomic mass is 16.7. The van der Waals surface area contributed by atoms with Crippen LogP contribution in [-0.4, -0.2) is 115 Å². The molecule has 0 spiro atoms. The van der Waals surface area contributed by atoms with Gasteiger partial charge in [-0.25, -0.2) is 0 Å². The molecule has 2 heterocycles. The molecule has 0 aromatic heterocycles. The Morgan fingerprint density at radius 3 is 2.00 bits per heavy atom. The average molecular weight is 342 g/mol. The minimum atomic E-state index is -2.37. The van der Waals surface area contributed by atoms with E-state index in [9.17, 15) is 30.6 Å². The molecular weight excluding hydrogens is 320 g/mol. The van der Waals surface area contributed by atoms with Crippen molar-refractivity contribution in [2.45, 2.75) is 54.8 Å². The minimum Gasteiger partial charge on any atom is -0.394 e. The van der Waals surface area contributed by atoms with E-state index in [1.54, 1.807) is 0 Å². The molecule has 2 saturated heterocycles. The molecule has 136 valence electrons. The highest BCUT2D eigenvalue weighted by molar-refractivity contribution is 4.98. The fraction of sp³-hybridized carbons (Fsp3) is 1.00. The Balaban J connectivity index is 2.13. The lowest BCUT2D eigenvalue weighted by molar-refractivity contribution is -0.318. The van der Waals surface area contributed by atoms with E-state index in [1.807, 2.05) is 0 Å². The Bertz CT molecular complexity index is 393. The van der Waals surface area contributed by atoms with Gasteiger partial charge in [0.15, 0.2) is 6.29 Å². The summed E-state index contributed by atoms with van der Waals surface area (Å²) in [6, 6.07) is 0. The van der Waals surface area contributed by atoms with Gasteiger partial charge in [0.05, 0.1) is 19.8 Å². The first-order valence-electron chi connectivity index (χ1n) is 7.05. The van der Waals surface area contributed by atoms with Gasteiger partial charge in [0.25, 0.3) is 0 Å². The molecule has 2 rings (SSSR count). The van der Waals surface area contributed by atoms with Crippen LogP contribution >= 0.6 is 0 Å². The topological polar surface area (TPSA) is 190 Å². The average Bonchev–Trinajstić information content (AvgIpc) is 2.80. The summed E-state index contributed by atoms with van der Waals surface area (Å²) in [5.41, 5.74) is 0. The fourth-order valence-electron chi connectivity index (χ4n) is 2.63. The molecule has 9 atom stereocenters. The van der Waals surface area contributed by atoms with Gasteiger partial charge in [-0.1, -0.05) is 0 Å². The second kappa shape index (κ2) is 7.21. The fourth-order valence-corrected chi connectivity index (χ4v) is 2.63. The van der Waals surface area contributed by atoms with E-state index in [1.165, 1.54) is 0 Å². The molecule has 0 amide bonds. The van der Waals surface area contributed by atoms with Crippen molar-refractivity contribution in [3.63, 3.8) is 0 Å². The summed E-state index contributed by atoms with van der Waals surface area (Å²) in [7, 11) is 0. The Morgan fingerprint density at radius 2 is 1.48 bits per heavy atom. The Morgan fingerprint density at radius 1 is 0.870 bits per heavy atom. The molecule has 11 heteroatoms. The van der Waals surface area contributed by atoms with Crippen molar-refractivity contribution in [3.8, 4) is 0 Å². The van der Waals surface area contributed by atoms with Crippen LogP contribution in [0.5, 0.6) is 0 Å². The van der Waals surface area contributed by atoms with Crippen LogP contribution in [0.3, 0.4) is 0 Å².